The van der Waals surface area contributed by atoms with Crippen molar-refractivity contribution in [2.24, 2.45) is 0 Å². The molecule has 2 N–H and O–H groups in total. The number of nitrogens with one attached hydrogen (secondary N) is 1. The SMILES string of the molecule is COc1ccc(-c2nc3ccc(C)cc3[nH]2)cc1O. The molecule has 19 heavy (non-hydrogen) atoms. The zero-order chi connectivity index (χ0) is 13.4. The minimum atomic E-state index is 0.108. The first-order chi connectivity index (χ1) is 9.17. The van der Waals surface area contributed by atoms with Crippen LogP contribution in [-0.2, 0) is 0 Å². The van der Waals surface area contributed by atoms with Gasteiger partial charge in [-0.2, -0.15) is 0 Å². The van der Waals surface area contributed by atoms with Gasteiger partial charge in [-0.1, -0.05) is 6.07 Å². The third-order valence-electron chi connectivity index (χ3n) is 3.09. The number of methoxy groups -OCH3 is 1. The van der Waals surface area contributed by atoms with Crippen LogP contribution >= 0.6 is 0 Å². The van der Waals surface area contributed by atoms with Gasteiger partial charge >= 0.3 is 0 Å². The molecule has 0 spiro atoms. The average Bonchev–Trinajstić information content (AvgIpc) is 2.81. The lowest BCUT2D eigenvalue weighted by Crippen LogP contribution is -1.85. The van der Waals surface area contributed by atoms with E-state index in [1.807, 2.05) is 25.1 Å². The summed E-state index contributed by atoms with van der Waals surface area (Å²) in [5.74, 6) is 1.30. The molecular weight excluding hydrogens is 240 g/mol. The molecule has 0 atom stereocenters. The summed E-state index contributed by atoms with van der Waals surface area (Å²) < 4.78 is 5.03. The van der Waals surface area contributed by atoms with Crippen LogP contribution in [-0.4, -0.2) is 22.2 Å². The minimum absolute atomic E-state index is 0.108. The van der Waals surface area contributed by atoms with Crippen molar-refractivity contribution >= 4 is 11.0 Å². The lowest BCUT2D eigenvalue weighted by Gasteiger charge is -2.04. The van der Waals surface area contributed by atoms with E-state index in [1.54, 1.807) is 12.1 Å². The van der Waals surface area contributed by atoms with Crippen molar-refractivity contribution in [1.29, 1.82) is 0 Å². The fourth-order valence-corrected chi connectivity index (χ4v) is 2.10. The maximum absolute atomic E-state index is 9.80. The second kappa shape index (κ2) is 4.31. The molecule has 2 aromatic carbocycles. The van der Waals surface area contributed by atoms with E-state index in [-0.39, 0.29) is 5.75 Å². The lowest BCUT2D eigenvalue weighted by molar-refractivity contribution is 0.373. The number of phenolic OH excluding ortho intramolecular Hbond substituents is 1. The smallest absolute Gasteiger partial charge is 0.160 e. The Balaban J connectivity index is 2.11. The summed E-state index contributed by atoms with van der Waals surface area (Å²) in [7, 11) is 1.53. The number of aryl methyl sites for hydroxylation is 1. The Morgan fingerprint density at radius 2 is 2.00 bits per heavy atom. The third-order valence-corrected chi connectivity index (χ3v) is 3.09. The summed E-state index contributed by atoms with van der Waals surface area (Å²) in [4.78, 5) is 7.77. The Hall–Kier alpha value is -2.49. The quantitative estimate of drug-likeness (QED) is 0.738. The Kier molecular flexibility index (Phi) is 2.63. The van der Waals surface area contributed by atoms with Crippen molar-refractivity contribution in [2.75, 3.05) is 7.11 Å². The summed E-state index contributed by atoms with van der Waals surface area (Å²) in [6.07, 6.45) is 0. The maximum Gasteiger partial charge on any atom is 0.160 e. The van der Waals surface area contributed by atoms with Crippen molar-refractivity contribution in [3.05, 3.63) is 42.0 Å². The molecule has 96 valence electrons. The second-order valence-corrected chi connectivity index (χ2v) is 4.49. The third kappa shape index (κ3) is 2.01. The highest BCUT2D eigenvalue weighted by molar-refractivity contribution is 5.80. The number of aromatic hydroxyl groups is 1. The monoisotopic (exact) mass is 254 g/mol. The number of ether oxygens (including phenoxy) is 1. The van der Waals surface area contributed by atoms with Crippen LogP contribution in [0.15, 0.2) is 36.4 Å². The molecule has 0 aliphatic carbocycles. The van der Waals surface area contributed by atoms with Crippen LogP contribution in [0.2, 0.25) is 0 Å². The topological polar surface area (TPSA) is 58.1 Å². The van der Waals surface area contributed by atoms with Gasteiger partial charge in [0, 0.05) is 5.56 Å². The van der Waals surface area contributed by atoms with Crippen LogP contribution in [0.4, 0.5) is 0 Å². The molecule has 1 aromatic heterocycles. The predicted molar refractivity (Wildman–Crippen MR) is 74.5 cm³/mol. The van der Waals surface area contributed by atoms with Gasteiger partial charge in [-0.15, -0.1) is 0 Å². The van der Waals surface area contributed by atoms with Gasteiger partial charge in [0.2, 0.25) is 0 Å². The van der Waals surface area contributed by atoms with Crippen LogP contribution in [0.5, 0.6) is 11.5 Å². The van der Waals surface area contributed by atoms with Crippen LogP contribution in [0, 0.1) is 6.92 Å². The number of imidazole rings is 1. The number of benzene rings is 2. The van der Waals surface area contributed by atoms with Crippen LogP contribution in [0.3, 0.4) is 0 Å². The summed E-state index contributed by atoms with van der Waals surface area (Å²) in [6.45, 7) is 2.04. The second-order valence-electron chi connectivity index (χ2n) is 4.49. The van der Waals surface area contributed by atoms with Gasteiger partial charge in [0.15, 0.2) is 11.5 Å². The largest absolute Gasteiger partial charge is 0.504 e. The molecule has 3 aromatic rings. The number of aromatic amines is 1. The van der Waals surface area contributed by atoms with Gasteiger partial charge in [-0.25, -0.2) is 4.98 Å². The zero-order valence-corrected chi connectivity index (χ0v) is 10.8. The molecular formula is C15H14N2O2. The summed E-state index contributed by atoms with van der Waals surface area (Å²) >= 11 is 0. The molecule has 0 aliphatic heterocycles. The maximum atomic E-state index is 9.80. The molecule has 0 radical (unpaired) electrons. The molecule has 0 saturated carbocycles. The van der Waals surface area contributed by atoms with E-state index >= 15 is 0 Å². The van der Waals surface area contributed by atoms with E-state index < -0.39 is 0 Å². The lowest BCUT2D eigenvalue weighted by atomic mass is 10.2. The van der Waals surface area contributed by atoms with Crippen molar-refractivity contribution in [3.8, 4) is 22.9 Å². The number of hydrogen-bond acceptors (Lipinski definition) is 3. The first-order valence-electron chi connectivity index (χ1n) is 6.01. The molecule has 0 amide bonds. The van der Waals surface area contributed by atoms with E-state index in [9.17, 15) is 5.11 Å². The van der Waals surface area contributed by atoms with Gasteiger partial charge in [-0.05, 0) is 42.8 Å². The Bertz CT molecular complexity index is 747. The molecule has 0 fully saturated rings. The van der Waals surface area contributed by atoms with Crippen molar-refractivity contribution in [2.45, 2.75) is 6.92 Å². The minimum Gasteiger partial charge on any atom is -0.504 e. The van der Waals surface area contributed by atoms with Crippen LogP contribution in [0.1, 0.15) is 5.56 Å². The molecule has 4 nitrogen and oxygen atoms in total. The highest BCUT2D eigenvalue weighted by Gasteiger charge is 2.08. The Labute approximate surface area is 110 Å². The fraction of sp³-hybridized carbons (Fsp3) is 0.133. The normalized spacial score (nSPS) is 10.8. The Morgan fingerprint density at radius 1 is 1.16 bits per heavy atom. The molecule has 3 rings (SSSR count). The number of phenols is 1. The molecule has 0 unspecified atom stereocenters. The Morgan fingerprint density at radius 3 is 2.74 bits per heavy atom. The van der Waals surface area contributed by atoms with Crippen molar-refractivity contribution in [1.82, 2.24) is 9.97 Å². The van der Waals surface area contributed by atoms with Gasteiger partial charge in [0.25, 0.3) is 0 Å². The standard InChI is InChI=1S/C15H14N2O2/c1-9-3-5-11-12(7-9)17-15(16-11)10-4-6-14(19-2)13(18)8-10/h3-8,18H,1-2H3,(H,16,17). The number of H-pyrrole nitrogens is 1. The highest BCUT2D eigenvalue weighted by Crippen LogP contribution is 2.31. The predicted octanol–water partition coefficient (Wildman–Crippen LogP) is 3.25. The van der Waals surface area contributed by atoms with E-state index in [2.05, 4.69) is 16.0 Å². The number of fused-ring (bicyclic) bond motifs is 1. The zero-order valence-electron chi connectivity index (χ0n) is 10.8. The molecule has 0 saturated heterocycles. The molecule has 1 heterocycles. The van der Waals surface area contributed by atoms with Gasteiger partial charge in [0.05, 0.1) is 18.1 Å². The summed E-state index contributed by atoms with van der Waals surface area (Å²) in [6, 6.07) is 11.3. The van der Waals surface area contributed by atoms with Crippen molar-refractivity contribution in [3.63, 3.8) is 0 Å². The average molecular weight is 254 g/mol. The van der Waals surface area contributed by atoms with Gasteiger partial charge in [0.1, 0.15) is 5.82 Å². The first kappa shape index (κ1) is 11.6. The van der Waals surface area contributed by atoms with Crippen LogP contribution in [0.25, 0.3) is 22.4 Å². The van der Waals surface area contributed by atoms with E-state index in [0.717, 1.165) is 22.4 Å². The molecule has 0 aliphatic rings. The molecule has 4 heteroatoms. The van der Waals surface area contributed by atoms with Crippen molar-refractivity contribution < 1.29 is 9.84 Å². The number of rotatable bonds is 2. The molecule has 0 bridgehead atoms. The number of aromatic nitrogens is 2. The van der Waals surface area contributed by atoms with Gasteiger partial charge in [-0.3, -0.25) is 0 Å². The van der Waals surface area contributed by atoms with E-state index in [1.165, 1.54) is 12.7 Å². The van der Waals surface area contributed by atoms with Gasteiger partial charge < -0.3 is 14.8 Å². The summed E-state index contributed by atoms with van der Waals surface area (Å²) in [5.41, 5.74) is 3.91. The fourth-order valence-electron chi connectivity index (χ4n) is 2.10. The number of hydrogen-bond donors (Lipinski definition) is 2. The highest BCUT2D eigenvalue weighted by atomic mass is 16.5. The van der Waals surface area contributed by atoms with E-state index in [4.69, 9.17) is 4.74 Å². The van der Waals surface area contributed by atoms with Crippen LogP contribution < -0.4 is 4.74 Å². The summed E-state index contributed by atoms with van der Waals surface area (Å²) in [5, 5.41) is 9.80. The van der Waals surface area contributed by atoms with E-state index in [0.29, 0.717) is 5.75 Å². The first-order valence-corrected chi connectivity index (χ1v) is 6.01. The number of nitrogens with zero attached hydrogens (tertiary/aromatic N) is 1.